The molecule has 0 aliphatic rings. The van der Waals surface area contributed by atoms with E-state index in [1.54, 1.807) is 12.2 Å². The number of nitrogens with zero attached hydrogens (tertiary/aromatic N) is 4. The maximum atomic E-state index is 4.93. The molecule has 0 fully saturated rings. The lowest BCUT2D eigenvalue weighted by Crippen LogP contribution is -2.15. The quantitative estimate of drug-likeness (QED) is 0.158. The first-order valence-corrected chi connectivity index (χ1v) is 14.6. The highest BCUT2D eigenvalue weighted by Gasteiger charge is 2.15. The maximum absolute atomic E-state index is 4.93. The Morgan fingerprint density at radius 2 is 1.67 bits per heavy atom. The Morgan fingerprint density at radius 3 is 2.28 bits per heavy atom. The number of aromatic nitrogens is 3. The minimum absolute atomic E-state index is 0.553. The minimum atomic E-state index is 0.553. The lowest BCUT2D eigenvalue weighted by molar-refractivity contribution is 0.964. The standard InChI is InChI=1S/C39H46N4/c1-11-17-19-24-35(28-34(29(7)8)26-30(9)14-4)43(10)36-25-20-23-33(27-36)39-41-37(31(15-5)21-13-3)40-38(42-39)32(16-6)22-18-12-2/h11-17,19-21,23-28H,2-3,5,7,18,22H2,1,4,6,8-10H3/b17-11-,24-19-,30-14-,31-21+,32-16+,34-26-,35-28-. The van der Waals surface area contributed by atoms with Crippen molar-refractivity contribution >= 4 is 16.8 Å². The zero-order valence-electron chi connectivity index (χ0n) is 26.8. The summed E-state index contributed by atoms with van der Waals surface area (Å²) in [6.45, 7) is 26.1. The zero-order chi connectivity index (χ0) is 31.8. The highest BCUT2D eigenvalue weighted by atomic mass is 15.1. The third kappa shape index (κ3) is 10.2. The molecular formula is C39H46N4. The molecule has 1 heterocycles. The Morgan fingerprint density at radius 1 is 0.930 bits per heavy atom. The van der Waals surface area contributed by atoms with E-state index in [1.165, 1.54) is 5.57 Å². The molecule has 2 rings (SSSR count). The van der Waals surface area contributed by atoms with Crippen molar-refractivity contribution in [2.45, 2.75) is 47.5 Å². The zero-order valence-corrected chi connectivity index (χ0v) is 26.8. The first-order valence-electron chi connectivity index (χ1n) is 14.6. The van der Waals surface area contributed by atoms with E-state index in [9.17, 15) is 0 Å². The van der Waals surface area contributed by atoms with E-state index in [2.05, 4.69) is 87.7 Å². The van der Waals surface area contributed by atoms with Crippen molar-refractivity contribution < 1.29 is 0 Å². The lowest BCUT2D eigenvalue weighted by Gasteiger charge is -2.22. The largest absolute Gasteiger partial charge is 0.345 e. The van der Waals surface area contributed by atoms with Crippen LogP contribution in [0, 0.1) is 0 Å². The van der Waals surface area contributed by atoms with Gasteiger partial charge in [-0.1, -0.05) is 104 Å². The van der Waals surface area contributed by atoms with E-state index in [0.29, 0.717) is 17.5 Å². The van der Waals surface area contributed by atoms with Crippen LogP contribution in [0.1, 0.15) is 59.1 Å². The molecule has 0 atom stereocenters. The summed E-state index contributed by atoms with van der Waals surface area (Å²) < 4.78 is 0. The number of benzene rings is 1. The van der Waals surface area contributed by atoms with Gasteiger partial charge in [-0.3, -0.25) is 0 Å². The molecule has 43 heavy (non-hydrogen) atoms. The molecule has 0 aliphatic carbocycles. The van der Waals surface area contributed by atoms with Gasteiger partial charge in [0.15, 0.2) is 17.5 Å². The molecule has 0 bridgehead atoms. The van der Waals surface area contributed by atoms with Crippen molar-refractivity contribution in [1.82, 2.24) is 15.0 Å². The summed E-state index contributed by atoms with van der Waals surface area (Å²) >= 11 is 0. The fourth-order valence-corrected chi connectivity index (χ4v) is 4.08. The third-order valence-electron chi connectivity index (χ3n) is 6.75. The van der Waals surface area contributed by atoms with Crippen LogP contribution in [-0.4, -0.2) is 22.0 Å². The topological polar surface area (TPSA) is 41.9 Å². The number of rotatable bonds is 15. The fraction of sp³-hybridized carbons (Fsp3) is 0.205. The molecule has 222 valence electrons. The second-order valence-electron chi connectivity index (χ2n) is 9.99. The minimum Gasteiger partial charge on any atom is -0.345 e. The molecule has 0 radical (unpaired) electrons. The molecule has 0 spiro atoms. The Kier molecular flexibility index (Phi) is 14.3. The van der Waals surface area contributed by atoms with E-state index in [4.69, 9.17) is 15.0 Å². The van der Waals surface area contributed by atoms with Crippen LogP contribution in [-0.2, 0) is 0 Å². The molecule has 0 saturated carbocycles. The van der Waals surface area contributed by atoms with Gasteiger partial charge in [0.05, 0.1) is 0 Å². The molecule has 1 aromatic heterocycles. The molecule has 4 nitrogen and oxygen atoms in total. The van der Waals surface area contributed by atoms with Crippen LogP contribution in [0.25, 0.3) is 22.5 Å². The predicted octanol–water partition coefficient (Wildman–Crippen LogP) is 10.6. The maximum Gasteiger partial charge on any atom is 0.164 e. The van der Waals surface area contributed by atoms with Crippen LogP contribution < -0.4 is 4.90 Å². The average Bonchev–Trinajstić information content (AvgIpc) is 3.02. The smallest absolute Gasteiger partial charge is 0.164 e. The SMILES string of the molecule is C=C/C=C(\C=C)c1nc(/C(=C/C)CCC=C)nc(-c2cccc(N(C)C(/C=C\C=C/C)=C\C(=C\C(C)=C/C)C(=C)C)c2)n1. The Balaban J connectivity index is 2.75. The van der Waals surface area contributed by atoms with Gasteiger partial charge < -0.3 is 4.90 Å². The molecule has 0 aliphatic heterocycles. The van der Waals surface area contributed by atoms with Gasteiger partial charge in [-0.05, 0) is 82.9 Å². The predicted molar refractivity (Wildman–Crippen MR) is 189 cm³/mol. The number of allylic oxidation sites excluding steroid dienone is 17. The van der Waals surface area contributed by atoms with Crippen molar-refractivity contribution in [2.75, 3.05) is 11.9 Å². The van der Waals surface area contributed by atoms with Crippen molar-refractivity contribution in [3.05, 3.63) is 158 Å². The first-order chi connectivity index (χ1) is 20.7. The van der Waals surface area contributed by atoms with Gasteiger partial charge in [-0.25, -0.2) is 15.0 Å². The van der Waals surface area contributed by atoms with Crippen LogP contribution in [0.3, 0.4) is 0 Å². The fourth-order valence-electron chi connectivity index (χ4n) is 4.08. The normalized spacial score (nSPS) is 13.5. The summed E-state index contributed by atoms with van der Waals surface area (Å²) in [5, 5.41) is 0. The second-order valence-corrected chi connectivity index (χ2v) is 9.99. The van der Waals surface area contributed by atoms with Gasteiger partial charge in [0.2, 0.25) is 0 Å². The summed E-state index contributed by atoms with van der Waals surface area (Å²) in [6.07, 6.45) is 25.5. The molecule has 2 aromatic rings. The Labute approximate surface area is 259 Å². The van der Waals surface area contributed by atoms with Gasteiger partial charge in [0, 0.05) is 29.6 Å². The monoisotopic (exact) mass is 570 g/mol. The van der Waals surface area contributed by atoms with E-state index in [0.717, 1.165) is 52.1 Å². The van der Waals surface area contributed by atoms with E-state index in [-0.39, 0.29) is 0 Å². The summed E-state index contributed by atoms with van der Waals surface area (Å²) in [7, 11) is 2.06. The molecule has 0 N–H and O–H groups in total. The Bertz CT molecular complexity index is 1540. The van der Waals surface area contributed by atoms with Gasteiger partial charge in [-0.2, -0.15) is 0 Å². The summed E-state index contributed by atoms with van der Waals surface area (Å²) in [5.74, 6) is 1.79. The summed E-state index contributed by atoms with van der Waals surface area (Å²) in [4.78, 5) is 16.8. The molecule has 0 saturated heterocycles. The highest BCUT2D eigenvalue weighted by molar-refractivity contribution is 5.74. The van der Waals surface area contributed by atoms with E-state index in [1.807, 2.05) is 70.2 Å². The van der Waals surface area contributed by atoms with Crippen molar-refractivity contribution in [3.8, 4) is 11.4 Å². The summed E-state index contributed by atoms with van der Waals surface area (Å²) in [6, 6.07) is 8.24. The van der Waals surface area contributed by atoms with Crippen molar-refractivity contribution in [1.29, 1.82) is 0 Å². The number of hydrogen-bond donors (Lipinski definition) is 0. The van der Waals surface area contributed by atoms with Crippen LogP contribution in [0.4, 0.5) is 5.69 Å². The second kappa shape index (κ2) is 17.9. The van der Waals surface area contributed by atoms with Gasteiger partial charge in [0.25, 0.3) is 0 Å². The number of likely N-dealkylation sites (N-methyl/N-ethyl adjacent to an activating group) is 1. The molecule has 4 heteroatoms. The van der Waals surface area contributed by atoms with Gasteiger partial charge in [-0.15, -0.1) is 6.58 Å². The van der Waals surface area contributed by atoms with E-state index < -0.39 is 0 Å². The molecule has 1 aromatic carbocycles. The van der Waals surface area contributed by atoms with Gasteiger partial charge >= 0.3 is 0 Å². The van der Waals surface area contributed by atoms with Crippen LogP contribution in [0.15, 0.2) is 146 Å². The first kappa shape index (κ1) is 34.4. The van der Waals surface area contributed by atoms with Crippen LogP contribution >= 0.6 is 0 Å². The molecule has 0 amide bonds. The lowest BCUT2D eigenvalue weighted by atomic mass is 10.0. The Hall–Kier alpha value is -4.83. The van der Waals surface area contributed by atoms with Crippen molar-refractivity contribution in [2.24, 2.45) is 0 Å². The molecular weight excluding hydrogens is 524 g/mol. The highest BCUT2D eigenvalue weighted by Crippen LogP contribution is 2.28. The van der Waals surface area contributed by atoms with Crippen molar-refractivity contribution in [3.63, 3.8) is 0 Å². The van der Waals surface area contributed by atoms with E-state index >= 15 is 0 Å². The third-order valence-corrected chi connectivity index (χ3v) is 6.75. The summed E-state index contributed by atoms with van der Waals surface area (Å²) in [5.41, 5.74) is 7.93. The number of anilines is 1. The number of hydrogen-bond acceptors (Lipinski definition) is 4. The van der Waals surface area contributed by atoms with Crippen LogP contribution in [0.2, 0.25) is 0 Å². The average molecular weight is 571 g/mol. The molecule has 0 unspecified atom stereocenters. The van der Waals surface area contributed by atoms with Gasteiger partial charge in [0.1, 0.15) is 0 Å². The van der Waals surface area contributed by atoms with Crippen LogP contribution in [0.5, 0.6) is 0 Å².